The number of hydrogen-bond acceptors (Lipinski definition) is 2. The van der Waals surface area contributed by atoms with E-state index >= 15 is 0 Å². The topological polar surface area (TPSA) is 26.0 Å². The van der Waals surface area contributed by atoms with E-state index in [9.17, 15) is 4.39 Å². The van der Waals surface area contributed by atoms with Crippen LogP contribution in [0.3, 0.4) is 0 Å². The van der Waals surface area contributed by atoms with Crippen LogP contribution in [0.25, 0.3) is 0 Å². The molecule has 0 spiro atoms. The first-order chi connectivity index (χ1) is 9.06. The number of hydrogen-bond donors (Lipinski definition) is 1. The lowest BCUT2D eigenvalue weighted by atomic mass is 10.1. The van der Waals surface area contributed by atoms with Crippen molar-refractivity contribution in [2.24, 2.45) is 5.73 Å². The minimum absolute atomic E-state index is 0.0488. The minimum atomic E-state index is -0.215. The molecule has 0 aliphatic heterocycles. The zero-order valence-corrected chi connectivity index (χ0v) is 12.0. The Morgan fingerprint density at radius 1 is 1.11 bits per heavy atom. The summed E-state index contributed by atoms with van der Waals surface area (Å²) in [5.74, 6) is -0.215. The van der Waals surface area contributed by atoms with Crippen molar-refractivity contribution in [2.75, 3.05) is 0 Å². The van der Waals surface area contributed by atoms with Gasteiger partial charge in [-0.2, -0.15) is 0 Å². The highest BCUT2D eigenvalue weighted by Crippen LogP contribution is 2.37. The molecule has 0 amide bonds. The lowest BCUT2D eigenvalue weighted by Crippen LogP contribution is -2.22. The molecular weight excluding hydrogens is 257 g/mol. The molecule has 2 aromatic carbocycles. The first kappa shape index (κ1) is 14.1. The molecule has 2 rings (SSSR count). The van der Waals surface area contributed by atoms with Crippen molar-refractivity contribution in [3.63, 3.8) is 0 Å². The summed E-state index contributed by atoms with van der Waals surface area (Å²) in [6.07, 6.45) is 0. The highest BCUT2D eigenvalue weighted by atomic mass is 32.2. The van der Waals surface area contributed by atoms with Gasteiger partial charge in [0.2, 0.25) is 0 Å². The number of nitrogens with two attached hydrogens (primary N) is 1. The van der Waals surface area contributed by atoms with Gasteiger partial charge < -0.3 is 5.73 Å². The third-order valence-electron chi connectivity index (χ3n) is 2.91. The van der Waals surface area contributed by atoms with Crippen molar-refractivity contribution in [3.05, 3.63) is 65.5 Å². The van der Waals surface area contributed by atoms with E-state index in [1.807, 2.05) is 19.1 Å². The molecule has 2 unspecified atom stereocenters. The van der Waals surface area contributed by atoms with Crippen LogP contribution in [-0.2, 0) is 0 Å². The summed E-state index contributed by atoms with van der Waals surface area (Å²) in [5, 5.41) is 0.0532. The Bertz CT molecular complexity index is 554. The summed E-state index contributed by atoms with van der Waals surface area (Å²) in [6.45, 7) is 4.02. The monoisotopic (exact) mass is 275 g/mol. The smallest absolute Gasteiger partial charge is 0.123 e. The molecule has 1 nitrogen and oxygen atoms in total. The molecule has 0 saturated heterocycles. The van der Waals surface area contributed by atoms with Gasteiger partial charge in [-0.05, 0) is 43.7 Å². The van der Waals surface area contributed by atoms with Gasteiger partial charge in [-0.1, -0.05) is 29.8 Å². The first-order valence-corrected chi connectivity index (χ1v) is 7.18. The fraction of sp³-hybridized carbons (Fsp3) is 0.250. The highest BCUT2D eigenvalue weighted by Gasteiger charge is 2.18. The second-order valence-corrected chi connectivity index (χ2v) is 5.98. The molecular formula is C16H18FNS. The lowest BCUT2D eigenvalue weighted by Gasteiger charge is -2.21. The van der Waals surface area contributed by atoms with Crippen LogP contribution < -0.4 is 5.73 Å². The van der Waals surface area contributed by atoms with Crippen molar-refractivity contribution < 1.29 is 4.39 Å². The quantitative estimate of drug-likeness (QED) is 0.841. The molecule has 100 valence electrons. The van der Waals surface area contributed by atoms with E-state index in [1.54, 1.807) is 23.9 Å². The number of aryl methyl sites for hydroxylation is 1. The van der Waals surface area contributed by atoms with Crippen LogP contribution in [0.15, 0.2) is 53.4 Å². The van der Waals surface area contributed by atoms with E-state index in [4.69, 9.17) is 5.73 Å². The summed E-state index contributed by atoms with van der Waals surface area (Å²) in [6, 6.07) is 14.9. The second kappa shape index (κ2) is 6.22. The first-order valence-electron chi connectivity index (χ1n) is 6.30. The Morgan fingerprint density at radius 3 is 2.47 bits per heavy atom. The van der Waals surface area contributed by atoms with Gasteiger partial charge in [0.25, 0.3) is 0 Å². The van der Waals surface area contributed by atoms with Crippen LogP contribution >= 0.6 is 11.8 Å². The molecule has 2 atom stereocenters. The Morgan fingerprint density at radius 2 is 1.84 bits per heavy atom. The maximum absolute atomic E-state index is 13.3. The Labute approximate surface area is 118 Å². The predicted octanol–water partition coefficient (Wildman–Crippen LogP) is 4.31. The number of rotatable bonds is 4. The lowest BCUT2D eigenvalue weighted by molar-refractivity contribution is 0.622. The van der Waals surface area contributed by atoms with E-state index < -0.39 is 0 Å². The molecule has 0 aliphatic carbocycles. The number of halogens is 1. The summed E-state index contributed by atoms with van der Waals surface area (Å²) >= 11 is 1.68. The standard InChI is InChI=1S/C16H18FNS/c1-11-5-3-8-15(9-11)19-16(12(2)18)13-6-4-7-14(17)10-13/h3-10,12,16H,18H2,1-2H3. The largest absolute Gasteiger partial charge is 0.327 e. The van der Waals surface area contributed by atoms with E-state index in [-0.39, 0.29) is 17.1 Å². The molecule has 0 aromatic heterocycles. The van der Waals surface area contributed by atoms with Gasteiger partial charge in [-0.3, -0.25) is 0 Å². The fourth-order valence-electron chi connectivity index (χ4n) is 2.00. The summed E-state index contributed by atoms with van der Waals surface area (Å²) in [5.41, 5.74) is 8.21. The van der Waals surface area contributed by atoms with Gasteiger partial charge in [0.15, 0.2) is 0 Å². The zero-order valence-electron chi connectivity index (χ0n) is 11.1. The third-order valence-corrected chi connectivity index (χ3v) is 4.39. The van der Waals surface area contributed by atoms with Crippen molar-refractivity contribution in [1.29, 1.82) is 0 Å². The second-order valence-electron chi connectivity index (χ2n) is 4.77. The third kappa shape index (κ3) is 3.82. The Balaban J connectivity index is 2.26. The molecule has 3 heteroatoms. The van der Waals surface area contributed by atoms with Crippen molar-refractivity contribution >= 4 is 11.8 Å². The zero-order chi connectivity index (χ0) is 13.8. The summed E-state index contributed by atoms with van der Waals surface area (Å²) in [7, 11) is 0. The molecule has 2 N–H and O–H groups in total. The van der Waals surface area contributed by atoms with Crippen LogP contribution in [0.5, 0.6) is 0 Å². The van der Waals surface area contributed by atoms with Gasteiger partial charge in [-0.15, -0.1) is 11.8 Å². The molecule has 0 bridgehead atoms. The maximum atomic E-state index is 13.3. The van der Waals surface area contributed by atoms with Gasteiger partial charge in [0.1, 0.15) is 5.82 Å². The van der Waals surface area contributed by atoms with E-state index in [2.05, 4.69) is 25.1 Å². The van der Waals surface area contributed by atoms with Gasteiger partial charge >= 0.3 is 0 Å². The molecule has 0 radical (unpaired) electrons. The van der Waals surface area contributed by atoms with Gasteiger partial charge in [0, 0.05) is 16.2 Å². The van der Waals surface area contributed by atoms with E-state index in [0.29, 0.717) is 0 Å². The van der Waals surface area contributed by atoms with Gasteiger partial charge in [0.05, 0.1) is 0 Å². The maximum Gasteiger partial charge on any atom is 0.123 e. The number of benzene rings is 2. The molecule has 2 aromatic rings. The van der Waals surface area contributed by atoms with Crippen LogP contribution in [0, 0.1) is 12.7 Å². The molecule has 0 heterocycles. The SMILES string of the molecule is Cc1cccc(SC(c2cccc(F)c2)C(C)N)c1. The van der Waals surface area contributed by atoms with E-state index in [1.165, 1.54) is 11.6 Å². The van der Waals surface area contributed by atoms with Crippen molar-refractivity contribution in [1.82, 2.24) is 0 Å². The van der Waals surface area contributed by atoms with Crippen molar-refractivity contribution in [3.8, 4) is 0 Å². The summed E-state index contributed by atoms with van der Waals surface area (Å²) in [4.78, 5) is 1.16. The average Bonchev–Trinajstić information content (AvgIpc) is 2.35. The Hall–Kier alpha value is -1.32. The fourth-order valence-corrected chi connectivity index (χ4v) is 3.20. The predicted molar refractivity (Wildman–Crippen MR) is 79.8 cm³/mol. The average molecular weight is 275 g/mol. The summed E-state index contributed by atoms with van der Waals surface area (Å²) < 4.78 is 13.3. The van der Waals surface area contributed by atoms with Crippen LogP contribution in [-0.4, -0.2) is 6.04 Å². The van der Waals surface area contributed by atoms with Crippen molar-refractivity contribution in [2.45, 2.75) is 30.0 Å². The van der Waals surface area contributed by atoms with Crippen LogP contribution in [0.2, 0.25) is 0 Å². The number of thioether (sulfide) groups is 1. The Kier molecular flexibility index (Phi) is 4.61. The van der Waals surface area contributed by atoms with Crippen LogP contribution in [0.4, 0.5) is 4.39 Å². The normalized spacial score (nSPS) is 14.1. The van der Waals surface area contributed by atoms with Gasteiger partial charge in [-0.25, -0.2) is 4.39 Å². The molecule has 0 fully saturated rings. The van der Waals surface area contributed by atoms with E-state index in [0.717, 1.165) is 10.5 Å². The van der Waals surface area contributed by atoms with Crippen LogP contribution in [0.1, 0.15) is 23.3 Å². The molecule has 19 heavy (non-hydrogen) atoms. The minimum Gasteiger partial charge on any atom is -0.327 e. The molecule has 0 aliphatic rings. The molecule has 0 saturated carbocycles. The highest BCUT2D eigenvalue weighted by molar-refractivity contribution is 7.99.